The predicted octanol–water partition coefficient (Wildman–Crippen LogP) is 3.98. The van der Waals surface area contributed by atoms with Crippen molar-refractivity contribution >= 4 is 40.2 Å². The van der Waals surface area contributed by atoms with Crippen molar-refractivity contribution in [3.8, 4) is 0 Å². The molecule has 8 nitrogen and oxygen atoms in total. The maximum atomic E-state index is 12.3. The number of nitrogens with zero attached hydrogens (tertiary/aromatic N) is 2. The van der Waals surface area contributed by atoms with Gasteiger partial charge in [0.1, 0.15) is 17.7 Å². The van der Waals surface area contributed by atoms with Gasteiger partial charge in [-0.1, -0.05) is 12.1 Å². The second kappa shape index (κ2) is 10.1. The fraction of sp³-hybridized carbons (Fsp3) is 0.217. The monoisotopic (exact) mass is 450 g/mol. The van der Waals surface area contributed by atoms with E-state index in [0.29, 0.717) is 35.6 Å². The molecule has 1 atom stereocenters. The Kier molecular flexibility index (Phi) is 6.76. The first-order valence-electron chi connectivity index (χ1n) is 10.1. The standard InChI is InChI=1S/C23H22N4O4S/c24-21-18-8-7-17(31-23(29)30-14-16-5-1-2-11-26-16)12-19(18)32-22(21)27-20(28)9-6-15-4-3-10-25-13-15/h1-6,9-11,13,17H,7-8,12,14,24H2,(H,27,28)/b9-6+. The third-order valence-electron chi connectivity index (χ3n) is 4.94. The van der Waals surface area contributed by atoms with Crippen LogP contribution < -0.4 is 11.1 Å². The molecule has 3 aromatic rings. The van der Waals surface area contributed by atoms with Crippen molar-refractivity contribution in [2.45, 2.75) is 32.0 Å². The molecule has 0 saturated heterocycles. The summed E-state index contributed by atoms with van der Waals surface area (Å²) in [6.45, 7) is 0.0618. The summed E-state index contributed by atoms with van der Waals surface area (Å²) in [6.07, 6.45) is 8.93. The maximum Gasteiger partial charge on any atom is 0.508 e. The first kappa shape index (κ1) is 21.5. The smallest absolute Gasteiger partial charge is 0.431 e. The van der Waals surface area contributed by atoms with Gasteiger partial charge in [0.15, 0.2) is 0 Å². The molecule has 1 amide bonds. The quantitative estimate of drug-likeness (QED) is 0.431. The number of hydrogen-bond donors (Lipinski definition) is 2. The van der Waals surface area contributed by atoms with Gasteiger partial charge in [-0.05, 0) is 48.2 Å². The fourth-order valence-corrected chi connectivity index (χ4v) is 4.60. The molecule has 0 radical (unpaired) electrons. The number of nitrogens with one attached hydrogen (secondary N) is 1. The van der Waals surface area contributed by atoms with Crippen molar-refractivity contribution in [1.29, 1.82) is 0 Å². The molecule has 32 heavy (non-hydrogen) atoms. The van der Waals surface area contributed by atoms with Gasteiger partial charge in [-0.3, -0.25) is 14.8 Å². The van der Waals surface area contributed by atoms with Crippen LogP contribution in [-0.2, 0) is 33.7 Å². The number of pyridine rings is 2. The van der Waals surface area contributed by atoms with Gasteiger partial charge in [0, 0.05) is 36.0 Å². The minimum atomic E-state index is -0.720. The SMILES string of the molecule is Nc1c(NC(=O)/C=C/c2cccnc2)sc2c1CCC(OC(=O)OCc1ccccn1)C2. The van der Waals surface area contributed by atoms with Crippen LogP contribution in [0.2, 0.25) is 0 Å². The van der Waals surface area contributed by atoms with E-state index in [4.69, 9.17) is 15.2 Å². The first-order chi connectivity index (χ1) is 15.6. The molecule has 0 spiro atoms. The molecule has 0 bridgehead atoms. The van der Waals surface area contributed by atoms with E-state index < -0.39 is 6.16 Å². The van der Waals surface area contributed by atoms with Crippen molar-refractivity contribution in [3.63, 3.8) is 0 Å². The van der Waals surface area contributed by atoms with E-state index in [1.165, 1.54) is 17.4 Å². The number of amides is 1. The molecule has 3 aromatic heterocycles. The van der Waals surface area contributed by atoms with Crippen molar-refractivity contribution in [2.24, 2.45) is 0 Å². The van der Waals surface area contributed by atoms with E-state index >= 15 is 0 Å². The molecule has 0 aromatic carbocycles. The molecular weight excluding hydrogens is 428 g/mol. The van der Waals surface area contributed by atoms with E-state index in [9.17, 15) is 9.59 Å². The first-order valence-corrected chi connectivity index (χ1v) is 10.9. The lowest BCUT2D eigenvalue weighted by Gasteiger charge is -2.22. The maximum absolute atomic E-state index is 12.3. The molecule has 1 unspecified atom stereocenters. The average molecular weight is 451 g/mol. The zero-order valence-electron chi connectivity index (χ0n) is 17.2. The van der Waals surface area contributed by atoms with Crippen LogP contribution in [0.5, 0.6) is 0 Å². The summed E-state index contributed by atoms with van der Waals surface area (Å²) in [7, 11) is 0. The molecular formula is C23H22N4O4S. The number of carbonyl (C=O) groups excluding carboxylic acids is 2. The lowest BCUT2D eigenvalue weighted by Crippen LogP contribution is -2.25. The molecule has 3 N–H and O–H groups in total. The van der Waals surface area contributed by atoms with E-state index in [0.717, 1.165) is 16.0 Å². The summed E-state index contributed by atoms with van der Waals surface area (Å²) in [5.74, 6) is -0.273. The number of rotatable bonds is 6. The highest BCUT2D eigenvalue weighted by molar-refractivity contribution is 7.17. The van der Waals surface area contributed by atoms with Gasteiger partial charge in [-0.25, -0.2) is 4.79 Å². The Labute approximate surface area is 189 Å². The highest BCUT2D eigenvalue weighted by atomic mass is 32.1. The number of ether oxygens (including phenoxy) is 2. The largest absolute Gasteiger partial charge is 0.508 e. The molecule has 0 saturated carbocycles. The van der Waals surface area contributed by atoms with Crippen molar-refractivity contribution < 1.29 is 19.1 Å². The van der Waals surface area contributed by atoms with Crippen LogP contribution in [0.3, 0.4) is 0 Å². The van der Waals surface area contributed by atoms with Gasteiger partial charge in [-0.15, -0.1) is 11.3 Å². The summed E-state index contributed by atoms with van der Waals surface area (Å²) in [5.41, 5.74) is 9.32. The fourth-order valence-electron chi connectivity index (χ4n) is 3.36. The van der Waals surface area contributed by atoms with E-state index in [1.807, 2.05) is 12.1 Å². The minimum absolute atomic E-state index is 0.0618. The molecule has 4 rings (SSSR count). The minimum Gasteiger partial charge on any atom is -0.431 e. The Hall–Kier alpha value is -3.72. The summed E-state index contributed by atoms with van der Waals surface area (Å²) in [4.78, 5) is 33.5. The van der Waals surface area contributed by atoms with Crippen molar-refractivity contribution in [2.75, 3.05) is 11.1 Å². The van der Waals surface area contributed by atoms with Crippen LogP contribution in [0.15, 0.2) is 55.0 Å². The Morgan fingerprint density at radius 1 is 1.25 bits per heavy atom. The van der Waals surface area contributed by atoms with Gasteiger partial charge in [0.05, 0.1) is 11.4 Å². The lowest BCUT2D eigenvalue weighted by atomic mass is 9.95. The number of nitrogen functional groups attached to an aromatic ring is 1. The highest BCUT2D eigenvalue weighted by Crippen LogP contribution is 2.40. The third kappa shape index (κ3) is 5.50. The second-order valence-corrected chi connectivity index (χ2v) is 8.30. The predicted molar refractivity (Wildman–Crippen MR) is 122 cm³/mol. The van der Waals surface area contributed by atoms with E-state index in [-0.39, 0.29) is 18.6 Å². The topological polar surface area (TPSA) is 116 Å². The van der Waals surface area contributed by atoms with Crippen LogP contribution >= 0.6 is 11.3 Å². The van der Waals surface area contributed by atoms with Crippen LogP contribution in [0.1, 0.15) is 28.1 Å². The normalized spacial score (nSPS) is 15.2. The molecule has 1 aliphatic rings. The number of nitrogens with two attached hydrogens (primary N) is 1. The number of aromatic nitrogens is 2. The van der Waals surface area contributed by atoms with E-state index in [2.05, 4.69) is 15.3 Å². The molecule has 1 aliphatic carbocycles. The van der Waals surface area contributed by atoms with Crippen LogP contribution in [-0.4, -0.2) is 28.1 Å². The Balaban J connectivity index is 1.32. The van der Waals surface area contributed by atoms with Gasteiger partial charge in [0.2, 0.25) is 5.91 Å². The number of thiophene rings is 1. The van der Waals surface area contributed by atoms with E-state index in [1.54, 1.807) is 42.9 Å². The van der Waals surface area contributed by atoms with Gasteiger partial charge in [0.25, 0.3) is 0 Å². The molecule has 3 heterocycles. The zero-order chi connectivity index (χ0) is 22.3. The van der Waals surface area contributed by atoms with Gasteiger partial charge in [-0.2, -0.15) is 0 Å². The van der Waals surface area contributed by atoms with Gasteiger partial charge >= 0.3 is 6.16 Å². The summed E-state index contributed by atoms with van der Waals surface area (Å²) in [5, 5.41) is 3.45. The number of fused-ring (bicyclic) bond motifs is 1. The summed E-state index contributed by atoms with van der Waals surface area (Å²) in [6, 6.07) is 9.05. The molecule has 164 valence electrons. The number of anilines is 2. The average Bonchev–Trinajstić information content (AvgIpc) is 3.12. The summed E-state index contributed by atoms with van der Waals surface area (Å²) < 4.78 is 10.6. The zero-order valence-corrected chi connectivity index (χ0v) is 18.0. The van der Waals surface area contributed by atoms with Crippen molar-refractivity contribution in [3.05, 3.63) is 76.7 Å². The number of carbonyl (C=O) groups is 2. The van der Waals surface area contributed by atoms with Crippen molar-refractivity contribution in [1.82, 2.24) is 9.97 Å². The van der Waals surface area contributed by atoms with Crippen LogP contribution in [0, 0.1) is 0 Å². The Morgan fingerprint density at radius 3 is 2.94 bits per heavy atom. The second-order valence-electron chi connectivity index (χ2n) is 7.20. The van der Waals surface area contributed by atoms with Crippen LogP contribution in [0.4, 0.5) is 15.5 Å². The Morgan fingerprint density at radius 2 is 2.16 bits per heavy atom. The summed E-state index contributed by atoms with van der Waals surface area (Å²) >= 11 is 1.41. The number of hydrogen-bond acceptors (Lipinski definition) is 8. The highest BCUT2D eigenvalue weighted by Gasteiger charge is 2.27. The molecule has 0 fully saturated rings. The lowest BCUT2D eigenvalue weighted by molar-refractivity contribution is -0.111. The molecule has 9 heteroatoms. The van der Waals surface area contributed by atoms with Gasteiger partial charge < -0.3 is 20.5 Å². The molecule has 0 aliphatic heterocycles. The Bertz CT molecular complexity index is 1120. The van der Waals surface area contributed by atoms with Crippen LogP contribution in [0.25, 0.3) is 6.08 Å². The third-order valence-corrected chi connectivity index (χ3v) is 6.12.